The van der Waals surface area contributed by atoms with E-state index in [-0.39, 0.29) is 6.71 Å². The van der Waals surface area contributed by atoms with E-state index in [1.807, 2.05) is 0 Å². The molecule has 1 spiro atoms. The lowest BCUT2D eigenvalue weighted by Crippen LogP contribution is -2.80. The Bertz CT molecular complexity index is 2240. The molecule has 3 aliphatic heterocycles. The van der Waals surface area contributed by atoms with Crippen LogP contribution in [0.2, 0.25) is 0 Å². The molecule has 0 N–H and O–H groups in total. The van der Waals surface area contributed by atoms with Gasteiger partial charge in [-0.05, 0) is 68.1 Å². The molecule has 0 atom stereocenters. The average molecular weight is 601 g/mol. The molecule has 0 bridgehead atoms. The second-order valence-corrected chi connectivity index (χ2v) is 16.1. The quantitative estimate of drug-likeness (QED) is 0.243. The van der Waals surface area contributed by atoms with Crippen molar-refractivity contribution in [3.63, 3.8) is 0 Å². The van der Waals surface area contributed by atoms with Crippen molar-refractivity contribution in [1.29, 1.82) is 0 Å². The van der Waals surface area contributed by atoms with Crippen molar-refractivity contribution in [2.45, 2.75) is 0 Å². The largest absolute Gasteiger partial charge is 0.312 e. The molecule has 2 nitrogen and oxygen atoms in total. The first-order chi connectivity index (χ1) is 22.9. The van der Waals surface area contributed by atoms with Crippen molar-refractivity contribution in [3.05, 3.63) is 176 Å². The van der Waals surface area contributed by atoms with E-state index in [2.05, 4.69) is 186 Å². The van der Waals surface area contributed by atoms with Crippen molar-refractivity contribution >= 4 is 86.0 Å². The van der Waals surface area contributed by atoms with Gasteiger partial charge >= 0.3 is 0 Å². The van der Waals surface area contributed by atoms with Gasteiger partial charge in [0.25, 0.3) is 0 Å². The number of anilines is 6. The Kier molecular flexibility index (Phi) is 5.43. The molecule has 0 fully saturated rings. The monoisotopic (exact) mass is 600 g/mol. The molecule has 3 heterocycles. The third kappa shape index (κ3) is 3.26. The van der Waals surface area contributed by atoms with Crippen LogP contribution >= 0.6 is 0 Å². The molecular weight excluding hydrogens is 571 g/mol. The summed E-state index contributed by atoms with van der Waals surface area (Å²) in [6.07, 6.45) is 0. The third-order valence-electron chi connectivity index (χ3n) is 10.3. The Morgan fingerprint density at radius 3 is 1.43 bits per heavy atom. The molecule has 0 aliphatic carbocycles. The van der Waals surface area contributed by atoms with E-state index in [1.54, 1.807) is 0 Å². The van der Waals surface area contributed by atoms with Crippen LogP contribution in [0.25, 0.3) is 0 Å². The van der Waals surface area contributed by atoms with E-state index in [1.165, 1.54) is 71.3 Å². The van der Waals surface area contributed by atoms with E-state index < -0.39 is 8.07 Å². The van der Waals surface area contributed by atoms with Crippen LogP contribution in [0.4, 0.5) is 34.1 Å². The molecule has 0 radical (unpaired) electrons. The van der Waals surface area contributed by atoms with Gasteiger partial charge in [-0.2, -0.15) is 0 Å². The minimum absolute atomic E-state index is 0.148. The van der Waals surface area contributed by atoms with Crippen molar-refractivity contribution in [3.8, 4) is 0 Å². The summed E-state index contributed by atoms with van der Waals surface area (Å²) in [5, 5.41) is 5.79. The number of rotatable bonds is 2. The predicted molar refractivity (Wildman–Crippen MR) is 198 cm³/mol. The lowest BCUT2D eigenvalue weighted by atomic mass is 9.35. The van der Waals surface area contributed by atoms with Gasteiger partial charge in [-0.25, -0.2) is 0 Å². The molecule has 4 heteroatoms. The summed E-state index contributed by atoms with van der Waals surface area (Å²) in [5.41, 5.74) is 11.7. The van der Waals surface area contributed by atoms with Gasteiger partial charge in [0, 0.05) is 34.1 Å². The van der Waals surface area contributed by atoms with Gasteiger partial charge < -0.3 is 9.80 Å². The summed E-state index contributed by atoms with van der Waals surface area (Å²) in [6, 6.07) is 65.8. The maximum absolute atomic E-state index is 2.82. The van der Waals surface area contributed by atoms with E-state index in [4.69, 9.17) is 0 Å². The highest BCUT2D eigenvalue weighted by Crippen LogP contribution is 2.44. The zero-order valence-electron chi connectivity index (χ0n) is 25.2. The molecule has 0 aromatic heterocycles. The second-order valence-electron chi connectivity index (χ2n) is 12.5. The maximum Gasteiger partial charge on any atom is 0.246 e. The molecule has 3 aliphatic rings. The van der Waals surface area contributed by atoms with Crippen molar-refractivity contribution in [2.24, 2.45) is 0 Å². The Labute approximate surface area is 270 Å². The highest BCUT2D eigenvalue weighted by molar-refractivity contribution is 7.23. The molecule has 0 saturated carbocycles. The molecule has 0 amide bonds. The van der Waals surface area contributed by atoms with Gasteiger partial charge in [0.15, 0.2) is 8.07 Å². The Balaban J connectivity index is 1.37. The minimum Gasteiger partial charge on any atom is -0.312 e. The zero-order valence-corrected chi connectivity index (χ0v) is 26.2. The molecule has 10 rings (SSSR count). The van der Waals surface area contributed by atoms with Crippen molar-refractivity contribution in [2.75, 3.05) is 9.80 Å². The SMILES string of the molecule is c1ccc(B2c3ccccc3N3c4ccccc4[Si]4(c5ccccc5N(c5ccccc5)c5ccccc54)c4cccc2c43)cc1. The van der Waals surface area contributed by atoms with Crippen molar-refractivity contribution < 1.29 is 0 Å². The standard InChI is InChI=1S/C42H29BN2Si/c1-3-16-30(17-4-1)43-32-20-7-8-22-34(32)45-37-25-11-14-28-40(37)46(41-29-15-21-33(43)42(41)45)38-26-12-9-23-35(38)44(31-18-5-2-6-19-31)36-24-10-13-27-39(36)46/h1-29H. The van der Waals surface area contributed by atoms with Gasteiger partial charge in [0.05, 0.1) is 0 Å². The summed E-state index contributed by atoms with van der Waals surface area (Å²) < 4.78 is 0. The van der Waals surface area contributed by atoms with Crippen molar-refractivity contribution in [1.82, 2.24) is 0 Å². The predicted octanol–water partition coefficient (Wildman–Crippen LogP) is 5.46. The fourth-order valence-electron chi connectivity index (χ4n) is 8.64. The van der Waals surface area contributed by atoms with E-state index in [0.717, 1.165) is 0 Å². The Hall–Kier alpha value is -5.58. The normalized spacial score (nSPS) is 14.6. The molecule has 214 valence electrons. The average Bonchev–Trinajstić information content (AvgIpc) is 3.13. The molecule has 0 saturated heterocycles. The van der Waals surface area contributed by atoms with Crippen LogP contribution < -0.4 is 46.9 Å². The Morgan fingerprint density at radius 2 is 0.804 bits per heavy atom. The fraction of sp³-hybridized carbons (Fsp3) is 0. The highest BCUT2D eigenvalue weighted by atomic mass is 28.3. The van der Waals surface area contributed by atoms with Crippen LogP contribution in [0, 0.1) is 0 Å². The Morgan fingerprint density at radius 1 is 0.348 bits per heavy atom. The number of fused-ring (bicyclic) bond motifs is 10. The maximum atomic E-state index is 2.59. The van der Waals surface area contributed by atoms with Gasteiger partial charge in [0.1, 0.15) is 0 Å². The molecular formula is C42H29BN2Si. The summed E-state index contributed by atoms with van der Waals surface area (Å²) >= 11 is 0. The van der Waals surface area contributed by atoms with Crippen LogP contribution in [0.5, 0.6) is 0 Å². The molecule has 7 aromatic carbocycles. The molecule has 46 heavy (non-hydrogen) atoms. The van der Waals surface area contributed by atoms with E-state index in [0.29, 0.717) is 0 Å². The third-order valence-corrected chi connectivity index (χ3v) is 15.2. The van der Waals surface area contributed by atoms with E-state index in [9.17, 15) is 0 Å². The summed E-state index contributed by atoms with van der Waals surface area (Å²) in [5.74, 6) is 0. The minimum atomic E-state index is -2.82. The number of para-hydroxylation sites is 6. The van der Waals surface area contributed by atoms with Gasteiger partial charge in [-0.15, -0.1) is 0 Å². The van der Waals surface area contributed by atoms with E-state index >= 15 is 0 Å². The van der Waals surface area contributed by atoms with Crippen LogP contribution in [-0.2, 0) is 0 Å². The molecule has 7 aromatic rings. The summed E-state index contributed by atoms with van der Waals surface area (Å²) in [7, 11) is -2.82. The van der Waals surface area contributed by atoms with Crippen LogP contribution in [0.1, 0.15) is 0 Å². The number of hydrogen-bond acceptors (Lipinski definition) is 2. The fourth-order valence-corrected chi connectivity index (χ4v) is 14.1. The highest BCUT2D eigenvalue weighted by Gasteiger charge is 2.55. The summed E-state index contributed by atoms with van der Waals surface area (Å²) in [6.45, 7) is 0.148. The number of nitrogens with zero attached hydrogens (tertiary/aromatic N) is 2. The van der Waals surface area contributed by atoms with Gasteiger partial charge in [-0.3, -0.25) is 0 Å². The first-order valence-electron chi connectivity index (χ1n) is 16.1. The first-order valence-corrected chi connectivity index (χ1v) is 18.1. The number of benzene rings is 7. The van der Waals surface area contributed by atoms with Crippen LogP contribution in [0.15, 0.2) is 176 Å². The first kappa shape index (κ1) is 25.7. The smallest absolute Gasteiger partial charge is 0.246 e. The van der Waals surface area contributed by atoms with Crippen LogP contribution in [-0.4, -0.2) is 14.8 Å². The topological polar surface area (TPSA) is 6.48 Å². The van der Waals surface area contributed by atoms with Gasteiger partial charge in [0.2, 0.25) is 6.71 Å². The lowest BCUT2D eigenvalue weighted by molar-refractivity contribution is 1.27. The second kappa shape index (κ2) is 9.71. The van der Waals surface area contributed by atoms with Crippen LogP contribution in [0.3, 0.4) is 0 Å². The number of hydrogen-bond donors (Lipinski definition) is 0. The molecule has 0 unspecified atom stereocenters. The zero-order chi connectivity index (χ0) is 30.2. The summed E-state index contributed by atoms with van der Waals surface area (Å²) in [4.78, 5) is 5.07. The lowest BCUT2D eigenvalue weighted by Gasteiger charge is -2.52. The van der Waals surface area contributed by atoms with Gasteiger partial charge in [-0.1, -0.05) is 145 Å².